The van der Waals surface area contributed by atoms with Gasteiger partial charge < -0.3 is 15.2 Å². The van der Waals surface area contributed by atoms with Gasteiger partial charge in [-0.05, 0) is 42.4 Å². The Morgan fingerprint density at radius 1 is 1.42 bits per heavy atom. The number of amides is 1. The average Bonchev–Trinajstić information content (AvgIpc) is 3.19. The first-order valence-corrected chi connectivity index (χ1v) is 9.33. The van der Waals surface area contributed by atoms with Crippen molar-refractivity contribution in [3.8, 4) is 0 Å². The third-order valence-electron chi connectivity index (χ3n) is 5.27. The van der Waals surface area contributed by atoms with E-state index in [-0.39, 0.29) is 17.9 Å². The number of aliphatic hydroxyl groups excluding tert-OH is 1. The number of nitrogens with zero attached hydrogens (tertiary/aromatic N) is 2. The van der Waals surface area contributed by atoms with E-state index < -0.39 is 6.10 Å². The molecule has 1 aliphatic carbocycles. The molecule has 1 aromatic heterocycles. The molecule has 0 saturated heterocycles. The molecule has 1 aliphatic heterocycles. The Bertz CT molecular complexity index is 807. The predicted molar refractivity (Wildman–Crippen MR) is 97.0 cm³/mol. The lowest BCUT2D eigenvalue weighted by molar-refractivity contribution is 0.0854. The van der Waals surface area contributed by atoms with Crippen LogP contribution in [0.25, 0.3) is 0 Å². The van der Waals surface area contributed by atoms with Gasteiger partial charge in [-0.1, -0.05) is 23.7 Å². The topological polar surface area (TPSA) is 76.4 Å². The fourth-order valence-corrected chi connectivity index (χ4v) is 4.14. The van der Waals surface area contributed by atoms with Gasteiger partial charge in [0.25, 0.3) is 5.91 Å². The number of benzene rings is 1. The molecule has 0 bridgehead atoms. The smallest absolute Gasteiger partial charge is 0.251 e. The van der Waals surface area contributed by atoms with Crippen molar-refractivity contribution in [2.75, 3.05) is 6.61 Å². The highest BCUT2D eigenvalue weighted by Gasteiger charge is 2.34. The molecular weight excluding hydrogens is 354 g/mol. The average molecular weight is 376 g/mol. The zero-order valence-electron chi connectivity index (χ0n) is 14.4. The van der Waals surface area contributed by atoms with E-state index in [9.17, 15) is 9.90 Å². The van der Waals surface area contributed by atoms with Crippen LogP contribution in [0.1, 0.15) is 34.3 Å². The minimum atomic E-state index is -0.550. The molecule has 2 aliphatic rings. The van der Waals surface area contributed by atoms with Crippen LogP contribution < -0.4 is 5.32 Å². The summed E-state index contributed by atoms with van der Waals surface area (Å²) in [5.41, 5.74) is 2.78. The van der Waals surface area contributed by atoms with Crippen LogP contribution in [0.2, 0.25) is 5.02 Å². The lowest BCUT2D eigenvalue weighted by atomic mass is 9.97. The molecule has 4 rings (SSSR count). The minimum Gasteiger partial charge on any atom is -0.391 e. The molecule has 0 radical (unpaired) electrons. The van der Waals surface area contributed by atoms with Gasteiger partial charge in [-0.2, -0.15) is 5.10 Å². The summed E-state index contributed by atoms with van der Waals surface area (Å²) in [6.07, 6.45) is 5.01. The van der Waals surface area contributed by atoms with E-state index in [1.165, 1.54) is 5.56 Å². The quantitative estimate of drug-likeness (QED) is 0.858. The normalized spacial score (nSPS) is 25.1. The SMILES string of the molecule is O=C(N[C@@H]1CC(Cn2cc(Cl)cn2)C[C@H]1O)c1cccc2c1COCC2. The Morgan fingerprint density at radius 2 is 2.31 bits per heavy atom. The van der Waals surface area contributed by atoms with Crippen LogP contribution in [-0.4, -0.2) is 39.5 Å². The summed E-state index contributed by atoms with van der Waals surface area (Å²) >= 11 is 5.90. The number of halogens is 1. The van der Waals surface area contributed by atoms with Crippen molar-refractivity contribution >= 4 is 17.5 Å². The lowest BCUT2D eigenvalue weighted by Crippen LogP contribution is -2.40. The molecule has 138 valence electrons. The number of hydrogen-bond acceptors (Lipinski definition) is 4. The first-order chi connectivity index (χ1) is 12.6. The molecule has 7 heteroatoms. The van der Waals surface area contributed by atoms with Gasteiger partial charge in [-0.3, -0.25) is 9.48 Å². The Labute approximate surface area is 157 Å². The number of ether oxygens (including phenoxy) is 1. The predicted octanol–water partition coefficient (Wildman–Crippen LogP) is 2.18. The fourth-order valence-electron chi connectivity index (χ4n) is 3.98. The van der Waals surface area contributed by atoms with Crippen LogP contribution in [0.15, 0.2) is 30.6 Å². The van der Waals surface area contributed by atoms with E-state index in [4.69, 9.17) is 16.3 Å². The van der Waals surface area contributed by atoms with Crippen LogP contribution in [0, 0.1) is 5.92 Å². The van der Waals surface area contributed by atoms with Crippen molar-refractivity contribution in [2.24, 2.45) is 5.92 Å². The molecule has 0 spiro atoms. The van der Waals surface area contributed by atoms with E-state index in [0.717, 1.165) is 18.4 Å². The second-order valence-electron chi connectivity index (χ2n) is 7.11. The van der Waals surface area contributed by atoms with E-state index in [0.29, 0.717) is 36.8 Å². The van der Waals surface area contributed by atoms with E-state index in [1.807, 2.05) is 18.2 Å². The number of aliphatic hydroxyl groups is 1. The number of nitrogens with one attached hydrogen (secondary N) is 1. The number of carbonyl (C=O) groups is 1. The molecule has 26 heavy (non-hydrogen) atoms. The van der Waals surface area contributed by atoms with E-state index in [1.54, 1.807) is 17.1 Å². The Kier molecular flexibility index (Phi) is 4.98. The van der Waals surface area contributed by atoms with E-state index >= 15 is 0 Å². The molecule has 1 saturated carbocycles. The van der Waals surface area contributed by atoms with Gasteiger partial charge >= 0.3 is 0 Å². The molecule has 2 heterocycles. The third-order valence-corrected chi connectivity index (χ3v) is 5.47. The Hall–Kier alpha value is -1.89. The maximum absolute atomic E-state index is 12.8. The summed E-state index contributed by atoms with van der Waals surface area (Å²) in [5, 5.41) is 18.2. The molecule has 3 atom stereocenters. The first kappa shape index (κ1) is 17.5. The maximum atomic E-state index is 12.8. The van der Waals surface area contributed by atoms with Crippen LogP contribution in [0.3, 0.4) is 0 Å². The summed E-state index contributed by atoms with van der Waals surface area (Å²) in [6.45, 7) is 1.85. The van der Waals surface area contributed by atoms with Crippen molar-refractivity contribution in [1.82, 2.24) is 15.1 Å². The minimum absolute atomic E-state index is 0.140. The molecule has 1 unspecified atom stereocenters. The highest BCUT2D eigenvalue weighted by molar-refractivity contribution is 6.30. The van der Waals surface area contributed by atoms with Crippen LogP contribution >= 0.6 is 11.6 Å². The van der Waals surface area contributed by atoms with Crippen molar-refractivity contribution in [3.05, 3.63) is 52.3 Å². The van der Waals surface area contributed by atoms with Gasteiger partial charge in [0.15, 0.2) is 0 Å². The van der Waals surface area contributed by atoms with Crippen molar-refractivity contribution in [1.29, 1.82) is 0 Å². The summed E-state index contributed by atoms with van der Waals surface area (Å²) in [6, 6.07) is 5.53. The Morgan fingerprint density at radius 3 is 3.12 bits per heavy atom. The largest absolute Gasteiger partial charge is 0.391 e. The number of carbonyl (C=O) groups excluding carboxylic acids is 1. The number of hydrogen-bond donors (Lipinski definition) is 2. The number of aromatic nitrogens is 2. The second kappa shape index (κ2) is 7.39. The standard InChI is InChI=1S/C19H22ClN3O3/c20-14-8-21-23(10-14)9-12-6-17(18(24)7-12)22-19(25)15-3-1-2-13-4-5-26-11-16(13)15/h1-3,8,10,12,17-18,24H,4-7,9,11H2,(H,22,25)/t12?,17-,18-/m1/s1. The second-order valence-corrected chi connectivity index (χ2v) is 7.55. The molecule has 2 N–H and O–H groups in total. The van der Waals surface area contributed by atoms with Crippen molar-refractivity contribution < 1.29 is 14.6 Å². The zero-order chi connectivity index (χ0) is 18.1. The number of rotatable bonds is 4. The van der Waals surface area contributed by atoms with Gasteiger partial charge in [-0.25, -0.2) is 0 Å². The van der Waals surface area contributed by atoms with Gasteiger partial charge in [0.05, 0.1) is 36.6 Å². The third kappa shape index (κ3) is 3.63. The summed E-state index contributed by atoms with van der Waals surface area (Å²) < 4.78 is 7.30. The fraction of sp³-hybridized carbons (Fsp3) is 0.474. The van der Waals surface area contributed by atoms with Gasteiger partial charge in [0.2, 0.25) is 0 Å². The molecule has 2 aromatic rings. The van der Waals surface area contributed by atoms with Crippen molar-refractivity contribution in [2.45, 2.75) is 44.6 Å². The van der Waals surface area contributed by atoms with Crippen LogP contribution in [0.5, 0.6) is 0 Å². The molecule has 1 aromatic carbocycles. The molecule has 6 nitrogen and oxygen atoms in total. The summed E-state index contributed by atoms with van der Waals surface area (Å²) in [4.78, 5) is 12.8. The Balaban J connectivity index is 1.42. The lowest BCUT2D eigenvalue weighted by Gasteiger charge is -2.21. The van der Waals surface area contributed by atoms with Crippen LogP contribution in [-0.2, 0) is 24.3 Å². The highest BCUT2D eigenvalue weighted by atomic mass is 35.5. The van der Waals surface area contributed by atoms with Crippen LogP contribution in [0.4, 0.5) is 0 Å². The van der Waals surface area contributed by atoms with Gasteiger partial charge in [-0.15, -0.1) is 0 Å². The van der Waals surface area contributed by atoms with Gasteiger partial charge in [0.1, 0.15) is 0 Å². The maximum Gasteiger partial charge on any atom is 0.251 e. The molecular formula is C19H22ClN3O3. The molecule has 1 fully saturated rings. The zero-order valence-corrected chi connectivity index (χ0v) is 15.2. The van der Waals surface area contributed by atoms with E-state index in [2.05, 4.69) is 10.4 Å². The summed E-state index contributed by atoms with van der Waals surface area (Å²) in [5.74, 6) is 0.110. The van der Waals surface area contributed by atoms with Crippen molar-refractivity contribution in [3.63, 3.8) is 0 Å². The first-order valence-electron chi connectivity index (χ1n) is 8.95. The summed E-state index contributed by atoms with van der Waals surface area (Å²) in [7, 11) is 0. The van der Waals surface area contributed by atoms with Gasteiger partial charge in [0, 0.05) is 18.3 Å². The molecule has 1 amide bonds. The highest BCUT2D eigenvalue weighted by Crippen LogP contribution is 2.28. The number of fused-ring (bicyclic) bond motifs is 1. The monoisotopic (exact) mass is 375 g/mol.